The zero-order valence-electron chi connectivity index (χ0n) is 12.1. The topological polar surface area (TPSA) is 48.7 Å². The minimum absolute atomic E-state index is 0.0226. The molecule has 106 valence electrons. The van der Waals surface area contributed by atoms with Gasteiger partial charge >= 0.3 is 0 Å². The molecule has 2 rings (SSSR count). The van der Waals surface area contributed by atoms with Gasteiger partial charge in [-0.05, 0) is 33.5 Å². The third kappa shape index (κ3) is 2.67. The molecule has 1 aromatic heterocycles. The van der Waals surface area contributed by atoms with Gasteiger partial charge in [0.25, 0.3) is 5.91 Å². The monoisotopic (exact) mass is 265 g/mol. The smallest absolute Gasteiger partial charge is 0.255 e. The van der Waals surface area contributed by atoms with Crippen LogP contribution in [0.15, 0.2) is 12.3 Å². The number of likely N-dealkylation sites (N-methyl/N-ethyl adjacent to an activating group) is 1. The van der Waals surface area contributed by atoms with Crippen LogP contribution < -0.4 is 0 Å². The van der Waals surface area contributed by atoms with Crippen LogP contribution in [-0.4, -0.2) is 64.7 Å². The lowest BCUT2D eigenvalue weighted by Gasteiger charge is -2.39. The lowest BCUT2D eigenvalue weighted by Crippen LogP contribution is -2.53. The molecular formula is C14H23N3O2. The van der Waals surface area contributed by atoms with Crippen LogP contribution in [0.25, 0.3) is 0 Å². The molecule has 5 nitrogen and oxygen atoms in total. The van der Waals surface area contributed by atoms with E-state index in [-0.39, 0.29) is 11.9 Å². The Kier molecular flexibility index (Phi) is 3.96. The molecule has 0 saturated carbocycles. The van der Waals surface area contributed by atoms with Crippen LogP contribution in [0.3, 0.4) is 0 Å². The van der Waals surface area contributed by atoms with Crippen molar-refractivity contribution in [2.75, 3.05) is 27.2 Å². The minimum Gasteiger partial charge on any atom is -0.390 e. The Balaban J connectivity index is 2.08. The van der Waals surface area contributed by atoms with E-state index >= 15 is 0 Å². The fourth-order valence-electron chi connectivity index (χ4n) is 2.71. The highest BCUT2D eigenvalue weighted by Crippen LogP contribution is 2.19. The van der Waals surface area contributed by atoms with E-state index in [1.165, 1.54) is 0 Å². The molecule has 1 N–H and O–H groups in total. The Morgan fingerprint density at radius 1 is 1.47 bits per heavy atom. The molecule has 5 heteroatoms. The van der Waals surface area contributed by atoms with Gasteiger partial charge in [-0.3, -0.25) is 4.79 Å². The Hall–Kier alpha value is -1.33. The van der Waals surface area contributed by atoms with Gasteiger partial charge in [0.05, 0.1) is 11.7 Å². The number of amides is 1. The van der Waals surface area contributed by atoms with E-state index in [9.17, 15) is 9.90 Å². The van der Waals surface area contributed by atoms with Crippen molar-refractivity contribution in [2.45, 2.75) is 25.5 Å². The summed E-state index contributed by atoms with van der Waals surface area (Å²) in [5.41, 5.74) is 1.70. The summed E-state index contributed by atoms with van der Waals surface area (Å²) >= 11 is 0. The van der Waals surface area contributed by atoms with E-state index in [2.05, 4.69) is 0 Å². The predicted molar refractivity (Wildman–Crippen MR) is 74.2 cm³/mol. The number of likely N-dealkylation sites (tertiary alicyclic amines) is 1. The third-order valence-electron chi connectivity index (χ3n) is 4.11. The number of hydrogen-bond donors (Lipinski definition) is 1. The molecule has 1 aliphatic heterocycles. The molecule has 0 bridgehead atoms. The van der Waals surface area contributed by atoms with E-state index in [0.29, 0.717) is 13.1 Å². The van der Waals surface area contributed by atoms with Crippen molar-refractivity contribution in [3.05, 3.63) is 23.5 Å². The first kappa shape index (κ1) is 14.1. The summed E-state index contributed by atoms with van der Waals surface area (Å²) < 4.78 is 1.94. The number of carbonyl (C=O) groups is 1. The predicted octanol–water partition coefficient (Wildman–Crippen LogP) is 0.471. The van der Waals surface area contributed by atoms with E-state index in [1.54, 1.807) is 4.90 Å². The number of aliphatic hydroxyl groups excluding tert-OH is 1. The highest BCUT2D eigenvalue weighted by Gasteiger charge is 2.32. The number of rotatable bonds is 2. The molecule has 0 spiro atoms. The van der Waals surface area contributed by atoms with E-state index in [4.69, 9.17) is 0 Å². The quantitative estimate of drug-likeness (QED) is 0.845. The first-order valence-corrected chi connectivity index (χ1v) is 6.67. The summed E-state index contributed by atoms with van der Waals surface area (Å²) in [5.74, 6) is 0.0226. The van der Waals surface area contributed by atoms with Gasteiger partial charge in [0, 0.05) is 38.1 Å². The van der Waals surface area contributed by atoms with Crippen LogP contribution in [0, 0.1) is 6.92 Å². The van der Waals surface area contributed by atoms with Gasteiger partial charge in [0.1, 0.15) is 0 Å². The van der Waals surface area contributed by atoms with Gasteiger partial charge in [-0.1, -0.05) is 0 Å². The molecule has 1 aromatic rings. The highest BCUT2D eigenvalue weighted by molar-refractivity contribution is 5.95. The van der Waals surface area contributed by atoms with Crippen molar-refractivity contribution >= 4 is 5.91 Å². The van der Waals surface area contributed by atoms with Gasteiger partial charge < -0.3 is 19.5 Å². The normalized spacial score (nSPS) is 24.0. The van der Waals surface area contributed by atoms with Gasteiger partial charge in [0.15, 0.2) is 0 Å². The summed E-state index contributed by atoms with van der Waals surface area (Å²) in [6.45, 7) is 3.05. The number of piperidine rings is 1. The zero-order chi connectivity index (χ0) is 14.2. The van der Waals surface area contributed by atoms with E-state index in [0.717, 1.165) is 17.7 Å². The van der Waals surface area contributed by atoms with Crippen molar-refractivity contribution in [1.82, 2.24) is 14.4 Å². The number of hydrogen-bond acceptors (Lipinski definition) is 3. The number of aromatic nitrogens is 1. The second-order valence-electron chi connectivity index (χ2n) is 5.56. The number of carbonyl (C=O) groups excluding carboxylic acids is 1. The molecule has 2 atom stereocenters. The molecule has 1 saturated heterocycles. The van der Waals surface area contributed by atoms with E-state index in [1.807, 2.05) is 49.8 Å². The lowest BCUT2D eigenvalue weighted by molar-refractivity contribution is 0.00604. The van der Waals surface area contributed by atoms with Crippen LogP contribution in [0.4, 0.5) is 0 Å². The molecule has 0 unspecified atom stereocenters. The molecular weight excluding hydrogens is 242 g/mol. The first-order valence-electron chi connectivity index (χ1n) is 6.67. The van der Waals surface area contributed by atoms with Crippen molar-refractivity contribution < 1.29 is 9.90 Å². The summed E-state index contributed by atoms with van der Waals surface area (Å²) in [6.07, 6.45) is 2.23. The number of aryl methyl sites for hydroxylation is 1. The highest BCUT2D eigenvalue weighted by atomic mass is 16.3. The van der Waals surface area contributed by atoms with Crippen LogP contribution in [0.2, 0.25) is 0 Å². The molecule has 1 aliphatic rings. The second kappa shape index (κ2) is 5.35. The van der Waals surface area contributed by atoms with E-state index < -0.39 is 6.10 Å². The minimum atomic E-state index is -0.475. The molecule has 19 heavy (non-hydrogen) atoms. The lowest BCUT2D eigenvalue weighted by atomic mass is 10.00. The zero-order valence-corrected chi connectivity index (χ0v) is 12.1. The fraction of sp³-hybridized carbons (Fsp3) is 0.643. The van der Waals surface area contributed by atoms with Crippen molar-refractivity contribution in [2.24, 2.45) is 7.05 Å². The number of β-amino-alcohol motifs (C(OH)–C–C–N with tert-alkyl or cyclic N) is 1. The molecule has 0 aromatic carbocycles. The summed E-state index contributed by atoms with van der Waals surface area (Å²) in [5, 5.41) is 10.1. The molecule has 0 aliphatic carbocycles. The number of nitrogens with zero attached hydrogens (tertiary/aromatic N) is 3. The Morgan fingerprint density at radius 2 is 2.16 bits per heavy atom. The maximum absolute atomic E-state index is 12.4. The Morgan fingerprint density at radius 3 is 2.63 bits per heavy atom. The molecule has 1 fully saturated rings. The van der Waals surface area contributed by atoms with Crippen LogP contribution in [-0.2, 0) is 7.05 Å². The summed E-state index contributed by atoms with van der Waals surface area (Å²) in [7, 11) is 5.86. The third-order valence-corrected chi connectivity index (χ3v) is 4.11. The molecule has 2 heterocycles. The number of aliphatic hydroxyl groups is 1. The fourth-order valence-corrected chi connectivity index (χ4v) is 2.71. The maximum atomic E-state index is 12.4. The first-order chi connectivity index (χ1) is 8.91. The van der Waals surface area contributed by atoms with Crippen LogP contribution in [0.5, 0.6) is 0 Å². The largest absolute Gasteiger partial charge is 0.390 e. The van der Waals surface area contributed by atoms with Crippen molar-refractivity contribution in [1.29, 1.82) is 0 Å². The Bertz CT molecular complexity index is 467. The summed E-state index contributed by atoms with van der Waals surface area (Å²) in [6, 6.07) is 1.99. The second-order valence-corrected chi connectivity index (χ2v) is 5.56. The van der Waals surface area contributed by atoms with Crippen molar-refractivity contribution in [3.8, 4) is 0 Å². The van der Waals surface area contributed by atoms with Gasteiger partial charge in [0.2, 0.25) is 0 Å². The average Bonchev–Trinajstić information content (AvgIpc) is 2.68. The van der Waals surface area contributed by atoms with Crippen LogP contribution >= 0.6 is 0 Å². The molecule has 1 amide bonds. The average molecular weight is 265 g/mol. The maximum Gasteiger partial charge on any atom is 0.255 e. The SMILES string of the molecule is Cc1c(C(=O)N2CC[C@H](N(C)C)[C@@H](O)C2)ccn1C. The van der Waals surface area contributed by atoms with Crippen LogP contribution in [0.1, 0.15) is 22.5 Å². The standard InChI is InChI=1S/C14H23N3O2/c1-10-11(5-7-16(10)4)14(19)17-8-6-12(15(2)3)13(18)9-17/h5,7,12-13,18H,6,8-9H2,1-4H3/t12-,13-/m0/s1. The molecule has 0 radical (unpaired) electrons. The van der Waals surface area contributed by atoms with Gasteiger partial charge in [-0.2, -0.15) is 0 Å². The van der Waals surface area contributed by atoms with Gasteiger partial charge in [-0.25, -0.2) is 0 Å². The van der Waals surface area contributed by atoms with Crippen molar-refractivity contribution in [3.63, 3.8) is 0 Å². The van der Waals surface area contributed by atoms with Gasteiger partial charge in [-0.15, -0.1) is 0 Å². The summed E-state index contributed by atoms with van der Waals surface area (Å²) in [4.78, 5) is 16.2. The Labute approximate surface area is 114 Å².